The lowest BCUT2D eigenvalue weighted by Gasteiger charge is -2.19. The van der Waals surface area contributed by atoms with Crippen molar-refractivity contribution in [3.63, 3.8) is 0 Å². The molecule has 0 aromatic carbocycles. The van der Waals surface area contributed by atoms with Crippen molar-refractivity contribution in [2.45, 2.75) is 32.0 Å². The maximum atomic E-state index is 12.3. The molecule has 20 heavy (non-hydrogen) atoms. The van der Waals surface area contributed by atoms with E-state index in [1.54, 1.807) is 7.05 Å². The number of likely N-dealkylation sites (tertiary alicyclic amines) is 1. The monoisotopic (exact) mass is 292 g/mol. The number of allylic oxidation sites excluding steroid dienone is 1. The van der Waals surface area contributed by atoms with Crippen LogP contribution in [0.25, 0.3) is 0 Å². The summed E-state index contributed by atoms with van der Waals surface area (Å²) in [6.45, 7) is 2.74. The third-order valence-corrected chi connectivity index (χ3v) is 3.08. The van der Waals surface area contributed by atoms with E-state index < -0.39 is 12.7 Å². The van der Waals surface area contributed by atoms with Crippen molar-refractivity contribution in [3.8, 4) is 0 Å². The van der Waals surface area contributed by atoms with Crippen molar-refractivity contribution < 1.29 is 13.2 Å². The Morgan fingerprint density at radius 1 is 1.45 bits per heavy atom. The highest BCUT2D eigenvalue weighted by atomic mass is 19.4. The molecule has 4 nitrogen and oxygen atoms in total. The molecule has 1 aliphatic rings. The fraction of sp³-hybridized carbons (Fsp3) is 0.769. The lowest BCUT2D eigenvalue weighted by Crippen LogP contribution is -2.45. The summed E-state index contributed by atoms with van der Waals surface area (Å²) in [4.78, 5) is 5.50. The Labute approximate surface area is 118 Å². The number of aliphatic imine (C=N–C) groups is 1. The predicted octanol–water partition coefficient (Wildman–Crippen LogP) is 1.75. The number of alkyl halides is 3. The molecule has 2 N–H and O–H groups in total. The standard InChI is InChI=1S/C13H23F3N4/c1-3-4-5-7-18-12(17-2)19-11-6-8-20(9-11)10-13(14,15)16/h3-4,11H,5-10H2,1-2H3,(H2,17,18,19)/b4-3+. The van der Waals surface area contributed by atoms with Gasteiger partial charge in [-0.25, -0.2) is 0 Å². The first-order chi connectivity index (χ1) is 9.44. The summed E-state index contributed by atoms with van der Waals surface area (Å²) in [5.74, 6) is 0.647. The number of nitrogens with one attached hydrogen (secondary N) is 2. The van der Waals surface area contributed by atoms with Crippen LogP contribution in [0.4, 0.5) is 13.2 Å². The van der Waals surface area contributed by atoms with Crippen LogP contribution in [0.3, 0.4) is 0 Å². The molecule has 0 aromatic heterocycles. The van der Waals surface area contributed by atoms with Crippen LogP contribution in [0.1, 0.15) is 19.8 Å². The van der Waals surface area contributed by atoms with Crippen LogP contribution < -0.4 is 10.6 Å². The normalized spacial score (nSPS) is 21.6. The third-order valence-electron chi connectivity index (χ3n) is 3.08. The van der Waals surface area contributed by atoms with Crippen molar-refractivity contribution in [2.75, 3.05) is 33.2 Å². The number of nitrogens with zero attached hydrogens (tertiary/aromatic N) is 2. The highest BCUT2D eigenvalue weighted by molar-refractivity contribution is 5.80. The van der Waals surface area contributed by atoms with E-state index in [1.807, 2.05) is 19.1 Å². The first kappa shape index (κ1) is 16.8. The van der Waals surface area contributed by atoms with Crippen molar-refractivity contribution in [1.29, 1.82) is 0 Å². The molecule has 1 heterocycles. The van der Waals surface area contributed by atoms with Crippen molar-refractivity contribution in [1.82, 2.24) is 15.5 Å². The Kier molecular flexibility index (Phi) is 6.84. The fourth-order valence-electron chi connectivity index (χ4n) is 2.18. The third kappa shape index (κ3) is 6.79. The van der Waals surface area contributed by atoms with Gasteiger partial charge in [0, 0.05) is 32.7 Å². The van der Waals surface area contributed by atoms with Crippen LogP contribution in [-0.2, 0) is 0 Å². The fourth-order valence-corrected chi connectivity index (χ4v) is 2.18. The molecule has 1 rings (SSSR count). The van der Waals surface area contributed by atoms with Gasteiger partial charge in [0.1, 0.15) is 0 Å². The van der Waals surface area contributed by atoms with E-state index >= 15 is 0 Å². The van der Waals surface area contributed by atoms with E-state index in [0.717, 1.165) is 13.0 Å². The largest absolute Gasteiger partial charge is 0.401 e. The molecular formula is C13H23F3N4. The molecule has 0 radical (unpaired) electrons. The second-order valence-corrected chi connectivity index (χ2v) is 4.84. The van der Waals surface area contributed by atoms with E-state index in [4.69, 9.17) is 0 Å². The van der Waals surface area contributed by atoms with Gasteiger partial charge < -0.3 is 10.6 Å². The van der Waals surface area contributed by atoms with Crippen LogP contribution >= 0.6 is 0 Å². The molecule has 1 aliphatic heterocycles. The van der Waals surface area contributed by atoms with Gasteiger partial charge in [-0.15, -0.1) is 0 Å². The maximum Gasteiger partial charge on any atom is 0.401 e. The smallest absolute Gasteiger partial charge is 0.356 e. The predicted molar refractivity (Wildman–Crippen MR) is 74.8 cm³/mol. The summed E-state index contributed by atoms with van der Waals surface area (Å²) < 4.78 is 36.9. The Bertz CT molecular complexity index is 339. The van der Waals surface area contributed by atoms with Gasteiger partial charge in [-0.3, -0.25) is 9.89 Å². The van der Waals surface area contributed by atoms with Gasteiger partial charge in [0.15, 0.2) is 5.96 Å². The van der Waals surface area contributed by atoms with E-state index in [1.165, 1.54) is 4.90 Å². The summed E-state index contributed by atoms with van der Waals surface area (Å²) in [7, 11) is 1.66. The Hall–Kier alpha value is -1.24. The molecule has 0 spiro atoms. The number of rotatable bonds is 5. The molecule has 0 bridgehead atoms. The number of hydrogen-bond acceptors (Lipinski definition) is 2. The zero-order chi connectivity index (χ0) is 15.0. The minimum atomic E-state index is -4.12. The lowest BCUT2D eigenvalue weighted by atomic mass is 10.3. The average Bonchev–Trinajstić information content (AvgIpc) is 2.78. The second kappa shape index (κ2) is 8.14. The quantitative estimate of drug-likeness (QED) is 0.351. The summed E-state index contributed by atoms with van der Waals surface area (Å²) in [6.07, 6.45) is 1.49. The first-order valence-electron chi connectivity index (χ1n) is 6.82. The van der Waals surface area contributed by atoms with Crippen LogP contribution in [0.15, 0.2) is 17.1 Å². The maximum absolute atomic E-state index is 12.3. The molecule has 0 saturated carbocycles. The zero-order valence-electron chi connectivity index (χ0n) is 12.0. The van der Waals surface area contributed by atoms with Gasteiger partial charge in [-0.05, 0) is 19.8 Å². The Morgan fingerprint density at radius 2 is 2.20 bits per heavy atom. The molecule has 0 amide bonds. The summed E-state index contributed by atoms with van der Waals surface area (Å²) >= 11 is 0. The van der Waals surface area contributed by atoms with Gasteiger partial charge in [-0.1, -0.05) is 12.2 Å². The number of halogens is 3. The molecule has 1 unspecified atom stereocenters. The van der Waals surface area contributed by atoms with Crippen LogP contribution in [0.2, 0.25) is 0 Å². The van der Waals surface area contributed by atoms with Gasteiger partial charge in [0.25, 0.3) is 0 Å². The van der Waals surface area contributed by atoms with Crippen molar-refractivity contribution >= 4 is 5.96 Å². The zero-order valence-corrected chi connectivity index (χ0v) is 12.0. The lowest BCUT2D eigenvalue weighted by molar-refractivity contribution is -0.143. The Balaban J connectivity index is 2.30. The second-order valence-electron chi connectivity index (χ2n) is 4.84. The van der Waals surface area contributed by atoms with Crippen molar-refractivity contribution in [3.05, 3.63) is 12.2 Å². The molecule has 0 aromatic rings. The summed E-state index contributed by atoms with van der Waals surface area (Å²) in [5, 5.41) is 6.31. The van der Waals surface area contributed by atoms with Gasteiger partial charge in [-0.2, -0.15) is 13.2 Å². The highest BCUT2D eigenvalue weighted by Gasteiger charge is 2.34. The molecular weight excluding hydrogens is 269 g/mol. The minimum Gasteiger partial charge on any atom is -0.356 e. The van der Waals surface area contributed by atoms with E-state index in [9.17, 15) is 13.2 Å². The molecule has 116 valence electrons. The SMILES string of the molecule is C/C=C/CCNC(=NC)NC1CCN(CC(F)(F)F)C1. The number of guanidine groups is 1. The van der Waals surface area contributed by atoms with E-state index in [-0.39, 0.29) is 6.04 Å². The molecule has 0 aliphatic carbocycles. The highest BCUT2D eigenvalue weighted by Crippen LogP contribution is 2.19. The molecule has 7 heteroatoms. The summed E-state index contributed by atoms with van der Waals surface area (Å²) in [5.41, 5.74) is 0. The van der Waals surface area contributed by atoms with E-state index in [2.05, 4.69) is 15.6 Å². The molecule has 1 fully saturated rings. The summed E-state index contributed by atoms with van der Waals surface area (Å²) in [6, 6.07) is 0.0188. The van der Waals surface area contributed by atoms with E-state index in [0.29, 0.717) is 25.5 Å². The molecule has 1 saturated heterocycles. The molecule has 1 atom stereocenters. The number of hydrogen-bond donors (Lipinski definition) is 2. The minimum absolute atomic E-state index is 0.0188. The first-order valence-corrected chi connectivity index (χ1v) is 6.82. The average molecular weight is 292 g/mol. The Morgan fingerprint density at radius 3 is 2.80 bits per heavy atom. The van der Waals surface area contributed by atoms with Gasteiger partial charge >= 0.3 is 6.18 Å². The topological polar surface area (TPSA) is 39.7 Å². The van der Waals surface area contributed by atoms with Crippen molar-refractivity contribution in [2.24, 2.45) is 4.99 Å². The van der Waals surface area contributed by atoms with Crippen LogP contribution in [0, 0.1) is 0 Å². The van der Waals surface area contributed by atoms with Crippen LogP contribution in [0.5, 0.6) is 0 Å². The van der Waals surface area contributed by atoms with Crippen LogP contribution in [-0.4, -0.2) is 56.3 Å². The van der Waals surface area contributed by atoms with Gasteiger partial charge in [0.05, 0.1) is 6.54 Å². The van der Waals surface area contributed by atoms with Gasteiger partial charge in [0.2, 0.25) is 0 Å².